The van der Waals surface area contributed by atoms with Gasteiger partial charge in [-0.15, -0.1) is 0 Å². The summed E-state index contributed by atoms with van der Waals surface area (Å²) in [7, 11) is 0. The highest BCUT2D eigenvalue weighted by atomic mass is 16.2. The summed E-state index contributed by atoms with van der Waals surface area (Å²) < 4.78 is 0. The highest BCUT2D eigenvalue weighted by molar-refractivity contribution is 5.22. The molecule has 0 heterocycles. The van der Waals surface area contributed by atoms with Crippen LogP contribution in [0.25, 0.3) is 0 Å². The minimum absolute atomic E-state index is 0.240. The third-order valence-corrected chi connectivity index (χ3v) is 2.07. The maximum Gasteiger partial charge on any atom is 0.0471 e. The van der Waals surface area contributed by atoms with Crippen molar-refractivity contribution in [1.29, 1.82) is 0 Å². The second kappa shape index (κ2) is 5.03. The number of rotatable bonds is 4. The summed E-state index contributed by atoms with van der Waals surface area (Å²) in [4.78, 5) is 0. The highest BCUT2D eigenvalue weighted by Gasteiger charge is 1.97. The third kappa shape index (κ3) is 3.60. The van der Waals surface area contributed by atoms with E-state index in [1.807, 2.05) is 0 Å². The van der Waals surface area contributed by atoms with Crippen LogP contribution < -0.4 is 0 Å². The van der Waals surface area contributed by atoms with Crippen LogP contribution in [0.3, 0.4) is 0 Å². The van der Waals surface area contributed by atoms with Crippen LogP contribution in [0.1, 0.15) is 25.0 Å². The molecule has 1 rings (SSSR count). The first-order valence-corrected chi connectivity index (χ1v) is 4.91. The summed E-state index contributed by atoms with van der Waals surface area (Å²) in [5, 5.41) is 8.73. The van der Waals surface area contributed by atoms with Crippen molar-refractivity contribution in [3.8, 4) is 0 Å². The van der Waals surface area contributed by atoms with Gasteiger partial charge in [0.15, 0.2) is 0 Å². The van der Waals surface area contributed by atoms with Crippen molar-refractivity contribution >= 4 is 0 Å². The van der Waals surface area contributed by atoms with Gasteiger partial charge >= 0.3 is 0 Å². The molecular weight excluding hydrogens is 160 g/mol. The van der Waals surface area contributed by atoms with E-state index in [-0.39, 0.29) is 6.61 Å². The smallest absolute Gasteiger partial charge is 0.0471 e. The Labute approximate surface area is 80.4 Å². The quantitative estimate of drug-likeness (QED) is 0.750. The fourth-order valence-electron chi connectivity index (χ4n) is 1.44. The summed E-state index contributed by atoms with van der Waals surface area (Å²) in [5.74, 6) is 0.712. The minimum Gasteiger partial charge on any atom is -0.396 e. The summed E-state index contributed by atoms with van der Waals surface area (Å²) in [5.41, 5.74) is 2.60. The average Bonchev–Trinajstić information content (AvgIpc) is 2.08. The van der Waals surface area contributed by atoms with Gasteiger partial charge in [0.05, 0.1) is 0 Å². The molecule has 0 aliphatic rings. The van der Waals surface area contributed by atoms with Crippen molar-refractivity contribution in [1.82, 2.24) is 0 Å². The van der Waals surface area contributed by atoms with E-state index >= 15 is 0 Å². The van der Waals surface area contributed by atoms with Crippen LogP contribution in [0.15, 0.2) is 24.3 Å². The summed E-state index contributed by atoms with van der Waals surface area (Å²) >= 11 is 0. The molecule has 0 bridgehead atoms. The molecule has 0 amide bonds. The molecule has 0 fully saturated rings. The Bertz CT molecular complexity index is 236. The molecule has 1 N–H and O–H groups in total. The van der Waals surface area contributed by atoms with Gasteiger partial charge in [-0.3, -0.25) is 0 Å². The molecule has 0 saturated heterocycles. The van der Waals surface area contributed by atoms with Crippen LogP contribution in [0, 0.1) is 5.92 Å². The van der Waals surface area contributed by atoms with Crippen LogP contribution in [-0.2, 0) is 12.8 Å². The number of benzene rings is 1. The second-order valence-electron chi connectivity index (χ2n) is 3.89. The summed E-state index contributed by atoms with van der Waals surface area (Å²) in [6, 6.07) is 8.53. The Morgan fingerprint density at radius 3 is 2.08 bits per heavy atom. The molecule has 0 aliphatic heterocycles. The summed E-state index contributed by atoms with van der Waals surface area (Å²) in [6.45, 7) is 4.69. The van der Waals surface area contributed by atoms with Crippen molar-refractivity contribution in [2.24, 2.45) is 5.92 Å². The second-order valence-corrected chi connectivity index (χ2v) is 3.89. The first-order valence-electron chi connectivity index (χ1n) is 4.91. The Balaban J connectivity index is 2.59. The first-order chi connectivity index (χ1) is 6.22. The van der Waals surface area contributed by atoms with E-state index in [1.54, 1.807) is 0 Å². The van der Waals surface area contributed by atoms with Crippen molar-refractivity contribution < 1.29 is 5.11 Å². The van der Waals surface area contributed by atoms with Gasteiger partial charge in [0.1, 0.15) is 0 Å². The lowest BCUT2D eigenvalue weighted by molar-refractivity contribution is 0.299. The van der Waals surface area contributed by atoms with E-state index in [4.69, 9.17) is 5.11 Å². The number of hydrogen-bond acceptors (Lipinski definition) is 1. The molecular formula is C12H18O. The zero-order valence-corrected chi connectivity index (χ0v) is 8.46. The Morgan fingerprint density at radius 2 is 1.62 bits per heavy atom. The fourth-order valence-corrected chi connectivity index (χ4v) is 1.44. The van der Waals surface area contributed by atoms with Gasteiger partial charge in [0, 0.05) is 6.61 Å². The molecule has 0 radical (unpaired) electrons. The van der Waals surface area contributed by atoms with Gasteiger partial charge < -0.3 is 5.11 Å². The van der Waals surface area contributed by atoms with E-state index in [0.717, 1.165) is 12.8 Å². The van der Waals surface area contributed by atoms with Crippen molar-refractivity contribution in [3.63, 3.8) is 0 Å². The molecule has 0 unspecified atom stereocenters. The zero-order chi connectivity index (χ0) is 9.68. The lowest BCUT2D eigenvalue weighted by atomic mass is 10.0. The largest absolute Gasteiger partial charge is 0.396 e. The third-order valence-electron chi connectivity index (χ3n) is 2.07. The molecule has 1 heteroatoms. The van der Waals surface area contributed by atoms with Crippen LogP contribution >= 0.6 is 0 Å². The van der Waals surface area contributed by atoms with Crippen LogP contribution in [0.5, 0.6) is 0 Å². The average molecular weight is 178 g/mol. The number of aliphatic hydroxyl groups is 1. The van der Waals surface area contributed by atoms with Crippen molar-refractivity contribution in [3.05, 3.63) is 35.4 Å². The van der Waals surface area contributed by atoms with Crippen LogP contribution in [0.2, 0.25) is 0 Å². The fraction of sp³-hybridized carbons (Fsp3) is 0.500. The van der Waals surface area contributed by atoms with E-state index in [1.165, 1.54) is 11.1 Å². The SMILES string of the molecule is CC(C)Cc1ccc(CCO)cc1. The maximum atomic E-state index is 8.73. The maximum absolute atomic E-state index is 8.73. The molecule has 0 atom stereocenters. The molecule has 0 aromatic heterocycles. The Morgan fingerprint density at radius 1 is 1.08 bits per heavy atom. The molecule has 1 aromatic carbocycles. The molecule has 1 nitrogen and oxygen atoms in total. The molecule has 0 saturated carbocycles. The molecule has 72 valence electrons. The standard InChI is InChI=1S/C12H18O/c1-10(2)9-12-5-3-11(4-6-12)7-8-13/h3-6,10,13H,7-9H2,1-2H3. The van der Waals surface area contributed by atoms with Gasteiger partial charge in [0.25, 0.3) is 0 Å². The van der Waals surface area contributed by atoms with Crippen LogP contribution in [-0.4, -0.2) is 11.7 Å². The van der Waals surface area contributed by atoms with Gasteiger partial charge in [-0.25, -0.2) is 0 Å². The Kier molecular flexibility index (Phi) is 3.97. The van der Waals surface area contributed by atoms with E-state index in [2.05, 4.69) is 38.1 Å². The lowest BCUT2D eigenvalue weighted by Gasteiger charge is -2.05. The molecule has 0 aliphatic carbocycles. The predicted molar refractivity (Wildman–Crippen MR) is 55.8 cm³/mol. The van der Waals surface area contributed by atoms with Crippen molar-refractivity contribution in [2.45, 2.75) is 26.7 Å². The van der Waals surface area contributed by atoms with Gasteiger partial charge in [-0.1, -0.05) is 38.1 Å². The molecule has 0 spiro atoms. The summed E-state index contributed by atoms with van der Waals surface area (Å²) in [6.07, 6.45) is 1.90. The minimum atomic E-state index is 0.240. The topological polar surface area (TPSA) is 20.2 Å². The first kappa shape index (κ1) is 10.3. The number of hydrogen-bond donors (Lipinski definition) is 1. The Hall–Kier alpha value is -0.820. The highest BCUT2D eigenvalue weighted by Crippen LogP contribution is 2.09. The predicted octanol–water partition coefficient (Wildman–Crippen LogP) is 2.42. The molecule has 1 aromatic rings. The number of aliphatic hydroxyl groups excluding tert-OH is 1. The van der Waals surface area contributed by atoms with Gasteiger partial charge in [0.2, 0.25) is 0 Å². The normalized spacial score (nSPS) is 10.8. The van der Waals surface area contributed by atoms with E-state index < -0.39 is 0 Å². The van der Waals surface area contributed by atoms with Crippen LogP contribution in [0.4, 0.5) is 0 Å². The van der Waals surface area contributed by atoms with E-state index in [0.29, 0.717) is 5.92 Å². The monoisotopic (exact) mass is 178 g/mol. The van der Waals surface area contributed by atoms with Gasteiger partial charge in [-0.2, -0.15) is 0 Å². The van der Waals surface area contributed by atoms with E-state index in [9.17, 15) is 0 Å². The lowest BCUT2D eigenvalue weighted by Crippen LogP contribution is -1.95. The molecule has 13 heavy (non-hydrogen) atoms. The van der Waals surface area contributed by atoms with Crippen molar-refractivity contribution in [2.75, 3.05) is 6.61 Å². The van der Waals surface area contributed by atoms with Gasteiger partial charge in [-0.05, 0) is 29.9 Å². The zero-order valence-electron chi connectivity index (χ0n) is 8.46.